The number of aliphatic hydroxyl groups is 1. The predicted octanol–water partition coefficient (Wildman–Crippen LogP) is 3.11. The van der Waals surface area contributed by atoms with Crippen LogP contribution in [0.3, 0.4) is 0 Å². The molecule has 0 spiro atoms. The molecule has 1 aromatic heterocycles. The molecule has 1 unspecified atom stereocenters. The van der Waals surface area contributed by atoms with Gasteiger partial charge in [0.05, 0.1) is 5.56 Å². The maximum atomic E-state index is 12.8. The number of carbonyl (C=O) groups is 1. The molecule has 0 bridgehead atoms. The minimum atomic E-state index is -4.48. The van der Waals surface area contributed by atoms with Crippen LogP contribution in [0.2, 0.25) is 0 Å². The van der Waals surface area contributed by atoms with E-state index in [-0.39, 0.29) is 11.1 Å². The number of aromatic nitrogens is 1. The standard InChI is InChI=1S/C14H14F3NO3/c1-3-18-7(2)11(12(19)13(20)21)9-5-4-8(6-10(9)18)14(15,16)17/h4-6,12,19H,3H2,1-2H3,(H,20,21). The number of alkyl halides is 3. The van der Waals surface area contributed by atoms with Crippen LogP contribution in [0.4, 0.5) is 13.2 Å². The number of carboxylic acids is 1. The van der Waals surface area contributed by atoms with Gasteiger partial charge >= 0.3 is 12.1 Å². The van der Waals surface area contributed by atoms with Gasteiger partial charge in [-0.1, -0.05) is 6.07 Å². The van der Waals surface area contributed by atoms with Gasteiger partial charge in [0, 0.05) is 28.7 Å². The number of rotatable bonds is 3. The molecule has 4 nitrogen and oxygen atoms in total. The van der Waals surface area contributed by atoms with E-state index in [0.29, 0.717) is 17.6 Å². The molecular weight excluding hydrogens is 287 g/mol. The molecular formula is C14H14F3NO3. The molecule has 114 valence electrons. The minimum absolute atomic E-state index is 0.132. The van der Waals surface area contributed by atoms with E-state index in [4.69, 9.17) is 5.11 Å². The summed E-state index contributed by atoms with van der Waals surface area (Å²) in [6, 6.07) is 3.07. The van der Waals surface area contributed by atoms with Crippen molar-refractivity contribution in [1.29, 1.82) is 0 Å². The van der Waals surface area contributed by atoms with E-state index in [0.717, 1.165) is 12.1 Å². The number of hydrogen-bond acceptors (Lipinski definition) is 2. The fourth-order valence-electron chi connectivity index (χ4n) is 2.56. The lowest BCUT2D eigenvalue weighted by molar-refractivity contribution is -0.147. The van der Waals surface area contributed by atoms with Gasteiger partial charge in [-0.25, -0.2) is 4.79 Å². The van der Waals surface area contributed by atoms with Crippen molar-refractivity contribution in [2.24, 2.45) is 0 Å². The first-order valence-corrected chi connectivity index (χ1v) is 6.29. The number of aryl methyl sites for hydroxylation is 1. The van der Waals surface area contributed by atoms with Gasteiger partial charge in [0.25, 0.3) is 0 Å². The SMILES string of the molecule is CCn1c(C)c(C(O)C(=O)O)c2ccc(C(F)(F)F)cc21. The normalized spacial score (nSPS) is 13.6. The Bertz CT molecular complexity index is 704. The molecule has 7 heteroatoms. The number of halogens is 3. The van der Waals surface area contributed by atoms with E-state index in [1.54, 1.807) is 18.4 Å². The summed E-state index contributed by atoms with van der Waals surface area (Å²) >= 11 is 0. The first kappa shape index (κ1) is 15.4. The van der Waals surface area contributed by atoms with Gasteiger partial charge in [-0.3, -0.25) is 0 Å². The molecule has 0 radical (unpaired) electrons. The largest absolute Gasteiger partial charge is 0.479 e. The maximum absolute atomic E-state index is 12.8. The molecule has 1 atom stereocenters. The molecule has 2 aromatic rings. The third-order valence-electron chi connectivity index (χ3n) is 3.52. The van der Waals surface area contributed by atoms with E-state index in [1.807, 2.05) is 0 Å². The number of hydrogen-bond donors (Lipinski definition) is 2. The van der Waals surface area contributed by atoms with Gasteiger partial charge in [0.2, 0.25) is 0 Å². The molecule has 2 rings (SSSR count). The average molecular weight is 301 g/mol. The Morgan fingerprint density at radius 3 is 2.48 bits per heavy atom. The lowest BCUT2D eigenvalue weighted by Crippen LogP contribution is -2.12. The van der Waals surface area contributed by atoms with Gasteiger partial charge in [0.15, 0.2) is 6.10 Å². The number of fused-ring (bicyclic) bond motifs is 1. The van der Waals surface area contributed by atoms with Gasteiger partial charge in [-0.2, -0.15) is 13.2 Å². The van der Waals surface area contributed by atoms with Gasteiger partial charge < -0.3 is 14.8 Å². The number of benzene rings is 1. The van der Waals surface area contributed by atoms with Crippen molar-refractivity contribution >= 4 is 16.9 Å². The highest BCUT2D eigenvalue weighted by Crippen LogP contribution is 2.36. The van der Waals surface area contributed by atoms with Crippen molar-refractivity contribution < 1.29 is 28.2 Å². The van der Waals surface area contributed by atoms with Crippen LogP contribution in [0, 0.1) is 6.92 Å². The number of nitrogens with zero attached hydrogens (tertiary/aromatic N) is 1. The lowest BCUT2D eigenvalue weighted by Gasteiger charge is -2.08. The predicted molar refractivity (Wildman–Crippen MR) is 69.9 cm³/mol. The van der Waals surface area contributed by atoms with Crippen molar-refractivity contribution in [1.82, 2.24) is 4.57 Å². The van der Waals surface area contributed by atoms with Gasteiger partial charge in [-0.05, 0) is 26.0 Å². The van der Waals surface area contributed by atoms with E-state index in [2.05, 4.69) is 0 Å². The van der Waals surface area contributed by atoms with Gasteiger partial charge in [0.1, 0.15) is 0 Å². The Kier molecular flexibility index (Phi) is 3.71. The molecule has 0 aliphatic heterocycles. The molecule has 0 amide bonds. The van der Waals surface area contributed by atoms with Crippen LogP contribution >= 0.6 is 0 Å². The van der Waals surface area contributed by atoms with Crippen LogP contribution in [0.25, 0.3) is 10.9 Å². The second-order valence-corrected chi connectivity index (χ2v) is 4.71. The number of aliphatic carboxylic acids is 1. The van der Waals surface area contributed by atoms with Crippen LogP contribution in [0.5, 0.6) is 0 Å². The quantitative estimate of drug-likeness (QED) is 0.915. The van der Waals surface area contributed by atoms with E-state index < -0.39 is 23.8 Å². The van der Waals surface area contributed by atoms with E-state index in [1.165, 1.54) is 6.07 Å². The molecule has 1 aromatic carbocycles. The van der Waals surface area contributed by atoms with Crippen LogP contribution in [-0.2, 0) is 17.5 Å². The topological polar surface area (TPSA) is 62.5 Å². The monoisotopic (exact) mass is 301 g/mol. The summed E-state index contributed by atoms with van der Waals surface area (Å²) in [5.74, 6) is -1.44. The third-order valence-corrected chi connectivity index (χ3v) is 3.52. The molecule has 0 fully saturated rings. The summed E-state index contributed by atoms with van der Waals surface area (Å²) in [4.78, 5) is 11.0. The number of carboxylic acid groups (broad SMARTS) is 1. The Balaban J connectivity index is 2.79. The summed E-state index contributed by atoms with van der Waals surface area (Å²) < 4.78 is 39.9. The average Bonchev–Trinajstić information content (AvgIpc) is 2.67. The van der Waals surface area contributed by atoms with Crippen molar-refractivity contribution in [3.8, 4) is 0 Å². The second kappa shape index (κ2) is 5.07. The van der Waals surface area contributed by atoms with Crippen LogP contribution in [-0.4, -0.2) is 20.7 Å². The smallest absolute Gasteiger partial charge is 0.416 e. The Hall–Kier alpha value is -2.02. The second-order valence-electron chi connectivity index (χ2n) is 4.71. The highest BCUT2D eigenvalue weighted by Gasteiger charge is 2.32. The zero-order valence-corrected chi connectivity index (χ0v) is 11.4. The van der Waals surface area contributed by atoms with Crippen molar-refractivity contribution in [2.45, 2.75) is 32.7 Å². The van der Waals surface area contributed by atoms with Crippen LogP contribution in [0.1, 0.15) is 29.8 Å². The van der Waals surface area contributed by atoms with Gasteiger partial charge in [-0.15, -0.1) is 0 Å². The molecule has 2 N–H and O–H groups in total. The summed E-state index contributed by atoms with van der Waals surface area (Å²) in [5.41, 5.74) is 0.0356. The zero-order chi connectivity index (χ0) is 15.9. The molecule has 1 heterocycles. The molecule has 0 aliphatic carbocycles. The lowest BCUT2D eigenvalue weighted by atomic mass is 10.0. The fourth-order valence-corrected chi connectivity index (χ4v) is 2.56. The number of aliphatic hydroxyl groups excluding tert-OH is 1. The van der Waals surface area contributed by atoms with Crippen molar-refractivity contribution in [3.05, 3.63) is 35.0 Å². The minimum Gasteiger partial charge on any atom is -0.479 e. The first-order chi connectivity index (χ1) is 9.68. The van der Waals surface area contributed by atoms with Crippen molar-refractivity contribution in [2.75, 3.05) is 0 Å². The Morgan fingerprint density at radius 2 is 2.00 bits per heavy atom. The summed E-state index contributed by atoms with van der Waals surface area (Å²) in [7, 11) is 0. The first-order valence-electron chi connectivity index (χ1n) is 6.29. The van der Waals surface area contributed by atoms with E-state index in [9.17, 15) is 23.1 Å². The summed E-state index contributed by atoms with van der Waals surface area (Å²) in [6.45, 7) is 3.69. The van der Waals surface area contributed by atoms with Crippen LogP contribution in [0.15, 0.2) is 18.2 Å². The highest BCUT2D eigenvalue weighted by atomic mass is 19.4. The maximum Gasteiger partial charge on any atom is 0.416 e. The summed E-state index contributed by atoms with van der Waals surface area (Å²) in [5, 5.41) is 19.0. The molecule has 0 saturated carbocycles. The zero-order valence-electron chi connectivity index (χ0n) is 11.4. The molecule has 0 saturated heterocycles. The molecule has 21 heavy (non-hydrogen) atoms. The Labute approximate surface area is 118 Å². The highest BCUT2D eigenvalue weighted by molar-refractivity contribution is 5.91. The fraction of sp³-hybridized carbons (Fsp3) is 0.357. The van der Waals surface area contributed by atoms with Crippen molar-refractivity contribution in [3.63, 3.8) is 0 Å². The third kappa shape index (κ3) is 2.49. The summed E-state index contributed by atoms with van der Waals surface area (Å²) in [6.07, 6.45) is -6.24. The molecule has 0 aliphatic rings. The van der Waals surface area contributed by atoms with E-state index >= 15 is 0 Å². The Morgan fingerprint density at radius 1 is 1.38 bits per heavy atom. The van der Waals surface area contributed by atoms with Crippen LogP contribution < -0.4 is 0 Å².